The van der Waals surface area contributed by atoms with Gasteiger partial charge in [0, 0.05) is 23.3 Å². The third kappa shape index (κ3) is 2.79. The lowest BCUT2D eigenvalue weighted by atomic mass is 9.68. The van der Waals surface area contributed by atoms with Gasteiger partial charge >= 0.3 is 0 Å². The van der Waals surface area contributed by atoms with Crippen molar-refractivity contribution < 1.29 is 0 Å². The molecular weight excluding hydrogens is 264 g/mol. The Labute approximate surface area is 125 Å². The van der Waals surface area contributed by atoms with Gasteiger partial charge in [-0.25, -0.2) is 4.98 Å². The van der Waals surface area contributed by atoms with Gasteiger partial charge in [-0.15, -0.1) is 11.3 Å². The smallest absolute Gasteiger partial charge is 0.0897 e. The molecular formula is C17H22N2S. The van der Waals surface area contributed by atoms with Crippen molar-refractivity contribution in [1.82, 2.24) is 4.98 Å². The van der Waals surface area contributed by atoms with E-state index >= 15 is 0 Å². The van der Waals surface area contributed by atoms with Crippen LogP contribution in [0.5, 0.6) is 0 Å². The van der Waals surface area contributed by atoms with Crippen LogP contribution in [0, 0.1) is 6.92 Å². The maximum Gasteiger partial charge on any atom is 0.0897 e. The number of thiazole rings is 1. The van der Waals surface area contributed by atoms with Crippen LogP contribution in [0.3, 0.4) is 0 Å². The number of aryl methyl sites for hydroxylation is 1. The third-order valence-electron chi connectivity index (χ3n) is 4.46. The van der Waals surface area contributed by atoms with E-state index in [0.29, 0.717) is 5.92 Å². The Morgan fingerprint density at radius 1 is 1.30 bits per heavy atom. The summed E-state index contributed by atoms with van der Waals surface area (Å²) in [4.78, 5) is 4.62. The summed E-state index contributed by atoms with van der Waals surface area (Å²) in [7, 11) is 0. The summed E-state index contributed by atoms with van der Waals surface area (Å²) in [5.41, 5.74) is 9.26. The van der Waals surface area contributed by atoms with Crippen molar-refractivity contribution in [2.45, 2.75) is 50.5 Å². The first-order valence-electron chi connectivity index (χ1n) is 7.42. The predicted molar refractivity (Wildman–Crippen MR) is 85.1 cm³/mol. The Bertz CT molecular complexity index is 563. The summed E-state index contributed by atoms with van der Waals surface area (Å²) in [6.07, 6.45) is 5.72. The van der Waals surface area contributed by atoms with E-state index in [0.717, 1.165) is 23.5 Å². The first-order chi connectivity index (χ1) is 9.67. The molecule has 1 aromatic carbocycles. The minimum Gasteiger partial charge on any atom is -0.324 e. The highest BCUT2D eigenvalue weighted by Crippen LogP contribution is 2.41. The van der Waals surface area contributed by atoms with Crippen LogP contribution in [0.4, 0.5) is 0 Å². The fraction of sp³-hybridized carbons (Fsp3) is 0.471. The zero-order chi connectivity index (χ0) is 14.0. The second kappa shape index (κ2) is 5.66. The van der Waals surface area contributed by atoms with Crippen molar-refractivity contribution in [2.75, 3.05) is 0 Å². The van der Waals surface area contributed by atoms with Gasteiger partial charge < -0.3 is 5.73 Å². The van der Waals surface area contributed by atoms with E-state index in [1.165, 1.54) is 24.8 Å². The topological polar surface area (TPSA) is 38.9 Å². The molecule has 1 aromatic heterocycles. The Morgan fingerprint density at radius 2 is 2.10 bits per heavy atom. The number of benzene rings is 1. The highest BCUT2D eigenvalue weighted by atomic mass is 32.1. The molecule has 1 saturated carbocycles. The lowest BCUT2D eigenvalue weighted by Crippen LogP contribution is -2.49. The van der Waals surface area contributed by atoms with Crippen LogP contribution in [-0.2, 0) is 6.42 Å². The normalized spacial score (nSPS) is 26.6. The zero-order valence-corrected chi connectivity index (χ0v) is 12.8. The van der Waals surface area contributed by atoms with E-state index in [1.807, 2.05) is 0 Å². The number of aromatic nitrogens is 1. The number of rotatable bonds is 3. The Morgan fingerprint density at radius 3 is 2.80 bits per heavy atom. The summed E-state index contributed by atoms with van der Waals surface area (Å²) in [6, 6.07) is 10.8. The van der Waals surface area contributed by atoms with E-state index in [4.69, 9.17) is 5.73 Å². The standard InChI is InChI=1S/C17H22N2S/c1-13-19-15(12-20-13)11-17(18)10-6-5-9-16(17)14-7-3-2-4-8-14/h2-4,7-8,12,16H,5-6,9-11,18H2,1H3. The molecule has 1 heterocycles. The monoisotopic (exact) mass is 286 g/mol. The van der Waals surface area contributed by atoms with E-state index in [-0.39, 0.29) is 5.54 Å². The second-order valence-corrected chi connectivity index (χ2v) is 7.04. The number of nitrogens with two attached hydrogens (primary N) is 1. The molecule has 0 saturated heterocycles. The highest BCUT2D eigenvalue weighted by molar-refractivity contribution is 7.09. The van der Waals surface area contributed by atoms with Crippen LogP contribution in [0.2, 0.25) is 0 Å². The quantitative estimate of drug-likeness (QED) is 0.924. The van der Waals surface area contributed by atoms with Gasteiger partial charge in [0.15, 0.2) is 0 Å². The van der Waals surface area contributed by atoms with Crippen molar-refractivity contribution in [2.24, 2.45) is 5.73 Å². The summed E-state index contributed by atoms with van der Waals surface area (Å²) in [5, 5.41) is 3.30. The number of hydrogen-bond acceptors (Lipinski definition) is 3. The predicted octanol–water partition coefficient (Wildman–Crippen LogP) is 4.05. The van der Waals surface area contributed by atoms with E-state index in [1.54, 1.807) is 11.3 Å². The van der Waals surface area contributed by atoms with Crippen molar-refractivity contribution in [3.63, 3.8) is 0 Å². The maximum atomic E-state index is 6.84. The van der Waals surface area contributed by atoms with E-state index in [9.17, 15) is 0 Å². The molecule has 2 aromatic rings. The SMILES string of the molecule is Cc1nc(CC2(N)CCCCC2c2ccccc2)cs1. The van der Waals surface area contributed by atoms with Crippen molar-refractivity contribution in [3.8, 4) is 0 Å². The van der Waals surface area contributed by atoms with Crippen molar-refractivity contribution in [1.29, 1.82) is 0 Å². The van der Waals surface area contributed by atoms with Crippen molar-refractivity contribution >= 4 is 11.3 Å². The van der Waals surface area contributed by atoms with Gasteiger partial charge in [-0.05, 0) is 25.3 Å². The number of nitrogens with zero attached hydrogens (tertiary/aromatic N) is 1. The summed E-state index contributed by atoms with van der Waals surface area (Å²) in [6.45, 7) is 2.06. The Hall–Kier alpha value is -1.19. The average molecular weight is 286 g/mol. The van der Waals surface area contributed by atoms with Crippen LogP contribution in [0.1, 0.15) is 47.9 Å². The molecule has 1 aliphatic rings. The molecule has 2 N–H and O–H groups in total. The third-order valence-corrected chi connectivity index (χ3v) is 5.28. The molecule has 106 valence electrons. The van der Waals surface area contributed by atoms with Crippen molar-refractivity contribution in [3.05, 3.63) is 52.0 Å². The molecule has 1 fully saturated rings. The van der Waals surface area contributed by atoms with Gasteiger partial charge in [0.05, 0.1) is 10.7 Å². The van der Waals surface area contributed by atoms with Gasteiger partial charge in [0.1, 0.15) is 0 Å². The van der Waals surface area contributed by atoms with Gasteiger partial charge in [-0.3, -0.25) is 0 Å². The summed E-state index contributed by atoms with van der Waals surface area (Å²) in [5.74, 6) is 0.458. The van der Waals surface area contributed by atoms with E-state index < -0.39 is 0 Å². The molecule has 0 radical (unpaired) electrons. The second-order valence-electron chi connectivity index (χ2n) is 5.98. The zero-order valence-electron chi connectivity index (χ0n) is 12.0. The molecule has 2 nitrogen and oxygen atoms in total. The lowest BCUT2D eigenvalue weighted by Gasteiger charge is -2.41. The van der Waals surface area contributed by atoms with Gasteiger partial charge in [0.2, 0.25) is 0 Å². The lowest BCUT2D eigenvalue weighted by molar-refractivity contribution is 0.248. The van der Waals surface area contributed by atoms with Crippen LogP contribution in [0.25, 0.3) is 0 Å². The molecule has 2 atom stereocenters. The molecule has 2 unspecified atom stereocenters. The molecule has 0 spiro atoms. The molecule has 0 bridgehead atoms. The molecule has 0 aliphatic heterocycles. The molecule has 3 heteroatoms. The molecule has 0 amide bonds. The van der Waals surface area contributed by atoms with E-state index in [2.05, 4.69) is 47.6 Å². The molecule has 3 rings (SSSR count). The minimum absolute atomic E-state index is 0.139. The largest absolute Gasteiger partial charge is 0.324 e. The first kappa shape index (κ1) is 13.8. The summed E-state index contributed by atoms with van der Waals surface area (Å²) >= 11 is 1.72. The van der Waals surface area contributed by atoms with Gasteiger partial charge in [-0.1, -0.05) is 43.2 Å². The minimum atomic E-state index is -0.139. The maximum absolute atomic E-state index is 6.84. The van der Waals surface area contributed by atoms with Gasteiger partial charge in [0.25, 0.3) is 0 Å². The Kier molecular flexibility index (Phi) is 3.90. The first-order valence-corrected chi connectivity index (χ1v) is 8.30. The Balaban J connectivity index is 1.87. The van der Waals surface area contributed by atoms with Crippen LogP contribution in [0.15, 0.2) is 35.7 Å². The summed E-state index contributed by atoms with van der Waals surface area (Å²) < 4.78 is 0. The average Bonchev–Trinajstić information content (AvgIpc) is 2.85. The van der Waals surface area contributed by atoms with Gasteiger partial charge in [-0.2, -0.15) is 0 Å². The number of hydrogen-bond donors (Lipinski definition) is 1. The van der Waals surface area contributed by atoms with Crippen LogP contribution < -0.4 is 5.73 Å². The van der Waals surface area contributed by atoms with Crippen LogP contribution >= 0.6 is 11.3 Å². The van der Waals surface area contributed by atoms with Crippen LogP contribution in [-0.4, -0.2) is 10.5 Å². The molecule has 20 heavy (non-hydrogen) atoms. The highest BCUT2D eigenvalue weighted by Gasteiger charge is 2.38. The fourth-order valence-electron chi connectivity index (χ4n) is 3.49. The molecule has 1 aliphatic carbocycles. The fourth-order valence-corrected chi connectivity index (χ4v) is 4.10.